The molecule has 0 saturated heterocycles. The summed E-state index contributed by atoms with van der Waals surface area (Å²) in [4.78, 5) is 19.9. The van der Waals surface area contributed by atoms with Gasteiger partial charge in [-0.2, -0.15) is 13.2 Å². The number of carbonyl (C=O) groups is 1. The lowest BCUT2D eigenvalue weighted by atomic mass is 10.1. The van der Waals surface area contributed by atoms with Gasteiger partial charge in [0.05, 0.1) is 22.4 Å². The van der Waals surface area contributed by atoms with E-state index in [1.54, 1.807) is 24.3 Å². The molecule has 10 heteroatoms. The van der Waals surface area contributed by atoms with E-state index in [9.17, 15) is 26.4 Å². The Hall–Kier alpha value is -3.01. The highest BCUT2D eigenvalue weighted by Gasteiger charge is 2.31. The summed E-state index contributed by atoms with van der Waals surface area (Å²) in [6, 6.07) is 9.97. The van der Waals surface area contributed by atoms with Crippen LogP contribution in [-0.4, -0.2) is 36.6 Å². The molecule has 1 aromatic carbocycles. The highest BCUT2D eigenvalue weighted by Crippen LogP contribution is 2.28. The van der Waals surface area contributed by atoms with E-state index in [1.807, 2.05) is 0 Å². The van der Waals surface area contributed by atoms with E-state index in [0.29, 0.717) is 28.7 Å². The van der Waals surface area contributed by atoms with Crippen LogP contribution >= 0.6 is 0 Å². The van der Waals surface area contributed by atoms with Gasteiger partial charge in [-0.3, -0.25) is 9.78 Å². The van der Waals surface area contributed by atoms with Gasteiger partial charge in [0.2, 0.25) is 0 Å². The Morgan fingerprint density at radius 2 is 1.79 bits per heavy atom. The van der Waals surface area contributed by atoms with Crippen molar-refractivity contribution >= 4 is 26.6 Å². The van der Waals surface area contributed by atoms with E-state index in [1.165, 1.54) is 12.3 Å². The minimum absolute atomic E-state index is 0.222. The van der Waals surface area contributed by atoms with E-state index in [-0.39, 0.29) is 6.54 Å². The fraction of sp³-hybridized carbons (Fsp3) is 0.167. The lowest BCUT2D eigenvalue weighted by molar-refractivity contribution is -0.137. The number of benzene rings is 1. The molecule has 0 bridgehead atoms. The molecule has 0 aliphatic rings. The first-order chi connectivity index (χ1) is 13.2. The maximum absolute atomic E-state index is 12.5. The van der Waals surface area contributed by atoms with Crippen molar-refractivity contribution in [2.45, 2.75) is 11.2 Å². The van der Waals surface area contributed by atoms with Crippen LogP contribution in [0, 0.1) is 0 Å². The molecule has 0 atom stereocenters. The van der Waals surface area contributed by atoms with E-state index in [4.69, 9.17) is 0 Å². The van der Waals surface area contributed by atoms with Crippen molar-refractivity contribution in [2.24, 2.45) is 0 Å². The molecule has 3 aromatic rings. The van der Waals surface area contributed by atoms with Crippen molar-refractivity contribution in [3.8, 4) is 0 Å². The van der Waals surface area contributed by atoms with Gasteiger partial charge in [-0.1, -0.05) is 18.2 Å². The van der Waals surface area contributed by atoms with Gasteiger partial charge in [0.15, 0.2) is 14.9 Å². The van der Waals surface area contributed by atoms with E-state index < -0.39 is 38.3 Å². The summed E-state index contributed by atoms with van der Waals surface area (Å²) in [5.41, 5.74) is -0.0725. The van der Waals surface area contributed by atoms with Crippen LogP contribution in [0.2, 0.25) is 0 Å². The molecule has 0 unspecified atom stereocenters. The van der Waals surface area contributed by atoms with Gasteiger partial charge in [0, 0.05) is 24.3 Å². The lowest BCUT2D eigenvalue weighted by Crippen LogP contribution is -2.29. The van der Waals surface area contributed by atoms with Gasteiger partial charge >= 0.3 is 6.18 Å². The molecule has 6 nitrogen and oxygen atoms in total. The molecule has 2 heterocycles. The predicted octanol–water partition coefficient (Wildman–Crippen LogP) is 2.85. The minimum Gasteiger partial charge on any atom is -0.351 e. The highest BCUT2D eigenvalue weighted by atomic mass is 32.2. The number of hydrogen-bond acceptors (Lipinski definition) is 5. The van der Waals surface area contributed by atoms with Crippen molar-refractivity contribution in [2.75, 3.05) is 12.3 Å². The Bertz CT molecular complexity index is 1110. The first-order valence-electron chi connectivity index (χ1n) is 8.06. The Balaban J connectivity index is 1.67. The number of aromatic nitrogens is 2. The van der Waals surface area contributed by atoms with Crippen LogP contribution in [0.25, 0.3) is 10.9 Å². The van der Waals surface area contributed by atoms with Crippen molar-refractivity contribution in [1.82, 2.24) is 15.3 Å². The van der Waals surface area contributed by atoms with E-state index >= 15 is 0 Å². The van der Waals surface area contributed by atoms with Crippen LogP contribution in [0.3, 0.4) is 0 Å². The summed E-state index contributed by atoms with van der Waals surface area (Å²) in [5, 5.41) is 2.64. The third-order valence-electron chi connectivity index (χ3n) is 3.93. The van der Waals surface area contributed by atoms with Gasteiger partial charge in [0.25, 0.3) is 5.91 Å². The highest BCUT2D eigenvalue weighted by molar-refractivity contribution is 7.91. The minimum atomic E-state index is -4.60. The summed E-state index contributed by atoms with van der Waals surface area (Å²) in [5.74, 6) is -0.977. The lowest BCUT2D eigenvalue weighted by Gasteiger charge is -2.09. The Morgan fingerprint density at radius 3 is 2.46 bits per heavy atom. The fourth-order valence-corrected chi connectivity index (χ4v) is 3.59. The monoisotopic (exact) mass is 409 g/mol. The third kappa shape index (κ3) is 4.28. The normalized spacial score (nSPS) is 12.1. The maximum atomic E-state index is 12.5. The number of nitrogens with zero attached hydrogens (tertiary/aromatic N) is 2. The number of sulfone groups is 1. The standard InChI is InChI=1S/C18H14F3N3O3S/c19-18(20,21)12-5-6-16(24-11-12)28(26,27)10-9-23-17(25)14-7-8-22-15-4-2-1-3-13(14)15/h1-8,11H,9-10H2,(H,23,25). The molecule has 2 aromatic heterocycles. The van der Waals surface area contributed by atoms with E-state index in [2.05, 4.69) is 15.3 Å². The molecule has 28 heavy (non-hydrogen) atoms. The van der Waals surface area contributed by atoms with Crippen LogP contribution in [0.4, 0.5) is 13.2 Å². The molecule has 1 amide bonds. The molecule has 0 spiro atoms. The Morgan fingerprint density at radius 1 is 1.04 bits per heavy atom. The predicted molar refractivity (Wildman–Crippen MR) is 95.4 cm³/mol. The molecule has 1 N–H and O–H groups in total. The molecule has 0 aliphatic heterocycles. The Labute approximate surface area is 158 Å². The second-order valence-corrected chi connectivity index (χ2v) is 7.89. The van der Waals surface area contributed by atoms with Crippen LogP contribution in [0.5, 0.6) is 0 Å². The average Bonchev–Trinajstić information content (AvgIpc) is 2.66. The first-order valence-corrected chi connectivity index (χ1v) is 9.72. The first kappa shape index (κ1) is 19.7. The maximum Gasteiger partial charge on any atom is 0.417 e. The number of alkyl halides is 3. The van der Waals surface area contributed by atoms with Gasteiger partial charge in [0.1, 0.15) is 0 Å². The summed E-state index contributed by atoms with van der Waals surface area (Å²) >= 11 is 0. The topological polar surface area (TPSA) is 89.0 Å². The van der Waals surface area contributed by atoms with Crippen LogP contribution in [-0.2, 0) is 16.0 Å². The van der Waals surface area contributed by atoms with Crippen LogP contribution in [0.1, 0.15) is 15.9 Å². The average molecular weight is 409 g/mol. The largest absolute Gasteiger partial charge is 0.417 e. The zero-order chi connectivity index (χ0) is 20.4. The summed E-state index contributed by atoms with van der Waals surface area (Å²) < 4.78 is 62.1. The number of carbonyl (C=O) groups excluding carboxylic acids is 1. The van der Waals surface area contributed by atoms with Gasteiger partial charge < -0.3 is 5.32 Å². The second kappa shape index (κ2) is 7.55. The number of halogens is 3. The number of pyridine rings is 2. The van der Waals surface area contributed by atoms with Crippen molar-refractivity contribution < 1.29 is 26.4 Å². The number of rotatable bonds is 5. The van der Waals surface area contributed by atoms with E-state index in [0.717, 1.165) is 6.07 Å². The summed E-state index contributed by atoms with van der Waals surface area (Å²) in [6.45, 7) is -0.222. The quantitative estimate of drug-likeness (QED) is 0.700. The number of nitrogens with one attached hydrogen (secondary N) is 1. The molecule has 0 saturated carbocycles. The zero-order valence-corrected chi connectivity index (χ0v) is 15.1. The van der Waals surface area contributed by atoms with Gasteiger partial charge in [-0.15, -0.1) is 0 Å². The number of fused-ring (bicyclic) bond motifs is 1. The molecule has 0 radical (unpaired) electrons. The van der Waals surface area contributed by atoms with Crippen molar-refractivity contribution in [1.29, 1.82) is 0 Å². The van der Waals surface area contributed by atoms with Crippen LogP contribution < -0.4 is 5.32 Å². The number of para-hydroxylation sites is 1. The molecule has 3 rings (SSSR count). The third-order valence-corrected chi connectivity index (χ3v) is 5.55. The van der Waals surface area contributed by atoms with Crippen molar-refractivity contribution in [3.05, 3.63) is 66.0 Å². The van der Waals surface area contributed by atoms with Crippen molar-refractivity contribution in [3.63, 3.8) is 0 Å². The molecule has 0 fully saturated rings. The molecule has 146 valence electrons. The van der Waals surface area contributed by atoms with Gasteiger partial charge in [-0.05, 0) is 24.3 Å². The fourth-order valence-electron chi connectivity index (χ4n) is 2.52. The molecular weight excluding hydrogens is 395 g/mol. The second-order valence-electron chi connectivity index (χ2n) is 5.83. The van der Waals surface area contributed by atoms with Gasteiger partial charge in [-0.25, -0.2) is 13.4 Å². The number of amides is 1. The molecule has 0 aliphatic carbocycles. The number of hydrogen-bond donors (Lipinski definition) is 1. The summed E-state index contributed by atoms with van der Waals surface area (Å²) in [7, 11) is -3.95. The zero-order valence-electron chi connectivity index (χ0n) is 14.3. The van der Waals surface area contributed by atoms with Crippen LogP contribution in [0.15, 0.2) is 59.9 Å². The summed E-state index contributed by atoms with van der Waals surface area (Å²) in [6.07, 6.45) is -2.66. The smallest absolute Gasteiger partial charge is 0.351 e. The Kier molecular flexibility index (Phi) is 5.32. The molecular formula is C18H14F3N3O3S. The SMILES string of the molecule is O=C(NCCS(=O)(=O)c1ccc(C(F)(F)F)cn1)c1ccnc2ccccc12.